The third-order valence-electron chi connectivity index (χ3n) is 2.99. The van der Waals surface area contributed by atoms with E-state index < -0.39 is 17.3 Å². The van der Waals surface area contributed by atoms with Gasteiger partial charge in [-0.1, -0.05) is 0 Å². The molecule has 0 spiro atoms. The zero-order valence-electron chi connectivity index (χ0n) is 11.8. The first kappa shape index (κ1) is 14.1. The van der Waals surface area contributed by atoms with E-state index in [1.165, 1.54) is 0 Å². The molecule has 2 heterocycles. The minimum absolute atomic E-state index is 0.106. The van der Waals surface area contributed by atoms with Crippen molar-refractivity contribution in [2.24, 2.45) is 0 Å². The number of nitrogens with zero attached hydrogens (tertiary/aromatic N) is 2. The summed E-state index contributed by atoms with van der Waals surface area (Å²) >= 11 is 0. The van der Waals surface area contributed by atoms with Crippen LogP contribution in [0.2, 0.25) is 0 Å². The summed E-state index contributed by atoms with van der Waals surface area (Å²) in [5.74, 6) is 0. The van der Waals surface area contributed by atoms with Gasteiger partial charge in [0, 0.05) is 12.2 Å². The summed E-state index contributed by atoms with van der Waals surface area (Å²) in [6.45, 7) is 6.24. The molecule has 0 atom stereocenters. The van der Waals surface area contributed by atoms with Crippen molar-refractivity contribution in [3.05, 3.63) is 33.2 Å². The molecule has 0 fully saturated rings. The molecule has 1 aliphatic rings. The van der Waals surface area contributed by atoms with E-state index in [9.17, 15) is 9.59 Å². The molecule has 0 aromatic carbocycles. The highest BCUT2D eigenvalue weighted by Gasteiger charge is 2.26. The standard InChI is InChI=1S/C14H17N3O3/c1-14(2,3)20-13(19)17-5-4-9-6-10(7-15)12(18)16-11(9)8-17/h6H,4-5,8H2,1-3H3,(H,16,18). The Balaban J connectivity index is 2.20. The predicted molar refractivity (Wildman–Crippen MR) is 72.1 cm³/mol. The summed E-state index contributed by atoms with van der Waals surface area (Å²) in [6, 6.07) is 3.46. The summed E-state index contributed by atoms with van der Waals surface area (Å²) in [6.07, 6.45) is 0.202. The first-order valence-electron chi connectivity index (χ1n) is 6.43. The molecule has 0 bridgehead atoms. The van der Waals surface area contributed by atoms with E-state index in [0.717, 1.165) is 5.56 Å². The van der Waals surface area contributed by atoms with Gasteiger partial charge >= 0.3 is 6.09 Å². The summed E-state index contributed by atoms with van der Waals surface area (Å²) in [7, 11) is 0. The van der Waals surface area contributed by atoms with Gasteiger partial charge in [0.05, 0.1) is 6.54 Å². The number of aromatic nitrogens is 1. The van der Waals surface area contributed by atoms with E-state index in [1.807, 2.05) is 26.8 Å². The molecule has 1 aliphatic heterocycles. The zero-order valence-corrected chi connectivity index (χ0v) is 11.8. The summed E-state index contributed by atoms with van der Waals surface area (Å²) in [5.41, 5.74) is 0.717. The second kappa shape index (κ2) is 5.00. The van der Waals surface area contributed by atoms with Crippen molar-refractivity contribution in [1.82, 2.24) is 9.88 Å². The van der Waals surface area contributed by atoms with E-state index >= 15 is 0 Å². The Hall–Kier alpha value is -2.29. The minimum Gasteiger partial charge on any atom is -0.444 e. The fourth-order valence-corrected chi connectivity index (χ4v) is 2.07. The van der Waals surface area contributed by atoms with Crippen molar-refractivity contribution in [1.29, 1.82) is 5.26 Å². The molecule has 0 radical (unpaired) electrons. The molecule has 20 heavy (non-hydrogen) atoms. The highest BCUT2D eigenvalue weighted by atomic mass is 16.6. The number of fused-ring (bicyclic) bond motifs is 1. The van der Waals surface area contributed by atoms with Crippen LogP contribution in [-0.4, -0.2) is 28.1 Å². The smallest absolute Gasteiger partial charge is 0.410 e. The van der Waals surface area contributed by atoms with Gasteiger partial charge in [-0.3, -0.25) is 4.79 Å². The van der Waals surface area contributed by atoms with Crippen LogP contribution in [0, 0.1) is 11.3 Å². The number of ether oxygens (including phenoxy) is 1. The highest BCUT2D eigenvalue weighted by Crippen LogP contribution is 2.19. The van der Waals surface area contributed by atoms with Gasteiger partial charge in [-0.05, 0) is 38.8 Å². The molecule has 6 nitrogen and oxygen atoms in total. The van der Waals surface area contributed by atoms with Crippen LogP contribution >= 0.6 is 0 Å². The fourth-order valence-electron chi connectivity index (χ4n) is 2.07. The van der Waals surface area contributed by atoms with Gasteiger partial charge in [0.2, 0.25) is 0 Å². The molecule has 1 aromatic heterocycles. The number of hydrogen-bond acceptors (Lipinski definition) is 4. The van der Waals surface area contributed by atoms with Gasteiger partial charge in [-0.25, -0.2) is 4.79 Å². The molecule has 0 saturated heterocycles. The maximum atomic E-state index is 12.0. The third-order valence-corrected chi connectivity index (χ3v) is 2.99. The second-order valence-electron chi connectivity index (χ2n) is 5.78. The largest absolute Gasteiger partial charge is 0.444 e. The lowest BCUT2D eigenvalue weighted by atomic mass is 10.0. The van der Waals surface area contributed by atoms with Crippen molar-refractivity contribution in [3.63, 3.8) is 0 Å². The van der Waals surface area contributed by atoms with Crippen LogP contribution < -0.4 is 5.56 Å². The molecule has 0 unspecified atom stereocenters. The van der Waals surface area contributed by atoms with Gasteiger partial charge in [0.25, 0.3) is 5.56 Å². The molecular formula is C14H17N3O3. The molecule has 2 rings (SSSR count). The average molecular weight is 275 g/mol. The van der Waals surface area contributed by atoms with Gasteiger partial charge < -0.3 is 14.6 Å². The fraction of sp³-hybridized carbons (Fsp3) is 0.500. The summed E-state index contributed by atoms with van der Waals surface area (Å²) < 4.78 is 5.31. The number of carbonyl (C=O) groups is 1. The number of amides is 1. The first-order valence-corrected chi connectivity index (χ1v) is 6.43. The Kier molecular flexibility index (Phi) is 3.53. The number of carbonyl (C=O) groups excluding carboxylic acids is 1. The molecule has 1 N–H and O–H groups in total. The molecule has 0 aliphatic carbocycles. The normalized spacial score (nSPS) is 14.4. The molecule has 6 heteroatoms. The second-order valence-corrected chi connectivity index (χ2v) is 5.78. The minimum atomic E-state index is -0.546. The Bertz CT molecular complexity index is 635. The van der Waals surface area contributed by atoms with Crippen LogP contribution in [-0.2, 0) is 17.7 Å². The van der Waals surface area contributed by atoms with E-state index in [1.54, 1.807) is 11.0 Å². The number of rotatable bonds is 0. The number of nitriles is 1. The molecule has 106 valence electrons. The lowest BCUT2D eigenvalue weighted by Gasteiger charge is -2.30. The van der Waals surface area contributed by atoms with Crippen LogP contribution in [0.3, 0.4) is 0 Å². The molecule has 1 amide bonds. The van der Waals surface area contributed by atoms with Gasteiger partial charge in [0.1, 0.15) is 17.2 Å². The maximum Gasteiger partial charge on any atom is 0.410 e. The van der Waals surface area contributed by atoms with Crippen molar-refractivity contribution in [2.45, 2.75) is 39.3 Å². The van der Waals surface area contributed by atoms with E-state index in [4.69, 9.17) is 10.00 Å². The summed E-state index contributed by atoms with van der Waals surface area (Å²) in [5, 5.41) is 8.83. The first-order chi connectivity index (χ1) is 9.30. The quantitative estimate of drug-likeness (QED) is 0.778. The lowest BCUT2D eigenvalue weighted by Crippen LogP contribution is -2.40. The number of aromatic amines is 1. The van der Waals surface area contributed by atoms with Gasteiger partial charge in [-0.2, -0.15) is 5.26 Å². The SMILES string of the molecule is CC(C)(C)OC(=O)N1CCc2cc(C#N)c(=O)[nH]c2C1. The molecular weight excluding hydrogens is 258 g/mol. The van der Waals surface area contributed by atoms with E-state index in [2.05, 4.69) is 4.98 Å². The van der Waals surface area contributed by atoms with E-state index in [0.29, 0.717) is 25.2 Å². The van der Waals surface area contributed by atoms with Crippen LogP contribution in [0.1, 0.15) is 37.6 Å². The number of pyridine rings is 1. The van der Waals surface area contributed by atoms with Crippen molar-refractivity contribution in [3.8, 4) is 6.07 Å². The monoisotopic (exact) mass is 275 g/mol. The Morgan fingerprint density at radius 3 is 2.80 bits per heavy atom. The molecule has 1 aromatic rings. The maximum absolute atomic E-state index is 12.0. The number of nitrogens with one attached hydrogen (secondary N) is 1. The Labute approximate surface area is 117 Å². The van der Waals surface area contributed by atoms with Crippen LogP contribution in [0.25, 0.3) is 0 Å². The average Bonchev–Trinajstić information content (AvgIpc) is 2.35. The lowest BCUT2D eigenvalue weighted by molar-refractivity contribution is 0.0220. The summed E-state index contributed by atoms with van der Waals surface area (Å²) in [4.78, 5) is 27.8. The van der Waals surface area contributed by atoms with Crippen LogP contribution in [0.15, 0.2) is 10.9 Å². The van der Waals surface area contributed by atoms with Crippen molar-refractivity contribution < 1.29 is 9.53 Å². The van der Waals surface area contributed by atoms with Gasteiger partial charge in [0.15, 0.2) is 0 Å². The van der Waals surface area contributed by atoms with Crippen molar-refractivity contribution in [2.75, 3.05) is 6.54 Å². The van der Waals surface area contributed by atoms with Crippen molar-refractivity contribution >= 4 is 6.09 Å². The number of hydrogen-bond donors (Lipinski definition) is 1. The van der Waals surface area contributed by atoms with Crippen LogP contribution in [0.5, 0.6) is 0 Å². The van der Waals surface area contributed by atoms with Crippen LogP contribution in [0.4, 0.5) is 4.79 Å². The predicted octanol–water partition coefficient (Wildman–Crippen LogP) is 1.54. The van der Waals surface area contributed by atoms with E-state index in [-0.39, 0.29) is 5.56 Å². The highest BCUT2D eigenvalue weighted by molar-refractivity contribution is 5.68. The topological polar surface area (TPSA) is 86.2 Å². The number of H-pyrrole nitrogens is 1. The Morgan fingerprint density at radius 2 is 2.20 bits per heavy atom. The molecule has 0 saturated carbocycles. The zero-order chi connectivity index (χ0) is 14.9. The van der Waals surface area contributed by atoms with Gasteiger partial charge in [-0.15, -0.1) is 0 Å². The Morgan fingerprint density at radius 1 is 1.50 bits per heavy atom. The third kappa shape index (κ3) is 2.99.